The van der Waals surface area contributed by atoms with Gasteiger partial charge in [-0.1, -0.05) is 19.1 Å². The molecule has 5 rings (SSSR count). The first-order chi connectivity index (χ1) is 18.8. The summed E-state index contributed by atoms with van der Waals surface area (Å²) < 4.78 is 73.6. The second-order valence-corrected chi connectivity index (χ2v) is 12.5. The van der Waals surface area contributed by atoms with Gasteiger partial charge < -0.3 is 15.1 Å². The van der Waals surface area contributed by atoms with Gasteiger partial charge in [0.15, 0.2) is 0 Å². The van der Waals surface area contributed by atoms with E-state index in [1.54, 1.807) is 6.08 Å². The summed E-state index contributed by atoms with van der Waals surface area (Å²) >= 11 is 0. The molecule has 2 heterocycles. The predicted octanol–water partition coefficient (Wildman–Crippen LogP) is 4.63. The summed E-state index contributed by atoms with van der Waals surface area (Å²) in [5, 5.41) is 11.9. The van der Waals surface area contributed by atoms with Crippen LogP contribution in [-0.2, 0) is 9.59 Å². The number of amides is 2. The van der Waals surface area contributed by atoms with Gasteiger partial charge in [-0.15, -0.1) is 0 Å². The first-order valence-electron chi connectivity index (χ1n) is 14.3. The zero-order chi connectivity index (χ0) is 29.1. The molecule has 0 bridgehead atoms. The van der Waals surface area contributed by atoms with Crippen molar-refractivity contribution in [2.45, 2.75) is 88.4 Å². The maximum absolute atomic E-state index is 16.6. The minimum Gasteiger partial charge on any atom is -0.336 e. The Kier molecular flexibility index (Phi) is 7.33. The van der Waals surface area contributed by atoms with Crippen molar-refractivity contribution in [3.8, 4) is 6.07 Å². The number of carbonyl (C=O) groups excluding carboxylic acids is 2. The van der Waals surface area contributed by atoms with Crippen LogP contribution in [0.3, 0.4) is 0 Å². The molecule has 5 aliphatic rings. The van der Waals surface area contributed by atoms with Crippen molar-refractivity contribution < 1.29 is 31.5 Å². The Morgan fingerprint density at radius 1 is 1.15 bits per heavy atom. The molecule has 40 heavy (non-hydrogen) atoms. The van der Waals surface area contributed by atoms with E-state index in [0.29, 0.717) is 12.8 Å². The molecule has 11 heteroatoms. The lowest BCUT2D eigenvalue weighted by Crippen LogP contribution is -2.53. The van der Waals surface area contributed by atoms with E-state index in [0.717, 1.165) is 42.9 Å². The molecule has 0 radical (unpaired) electrons. The van der Waals surface area contributed by atoms with E-state index in [4.69, 9.17) is 0 Å². The Bertz CT molecular complexity index is 1130. The summed E-state index contributed by atoms with van der Waals surface area (Å²) in [4.78, 5) is 29.6. The first kappa shape index (κ1) is 29.0. The number of nitrogens with zero attached hydrogens (tertiary/aromatic N) is 3. The minimum atomic E-state index is -4.79. The summed E-state index contributed by atoms with van der Waals surface area (Å²) in [5.74, 6) is -4.09. The smallest absolute Gasteiger partial charge is 0.336 e. The normalized spacial score (nSPS) is 33.0. The van der Waals surface area contributed by atoms with E-state index in [1.165, 1.54) is 19.1 Å². The van der Waals surface area contributed by atoms with Crippen LogP contribution >= 0.6 is 0 Å². The van der Waals surface area contributed by atoms with Crippen LogP contribution in [0.5, 0.6) is 0 Å². The molecule has 6 nitrogen and oxygen atoms in total. The molecule has 5 atom stereocenters. The number of carbonyl (C=O) groups is 2. The van der Waals surface area contributed by atoms with Crippen molar-refractivity contribution in [3.05, 3.63) is 23.8 Å². The standard InChI is InChI=1S/C29H37F5N4O2/c1-3-37-12-6-18(7-13-37)19-4-5-21(22(30)14-19)26(2,31)20-15-23(24(39)36-27(17-35)8-9-27)38(16-20)25(40)28(10-11-28)29(32,33)34/h4-5,14,18,20-23H,3,6-13,15-16H2,1-2H3,(H,36,39)/t20?,21?,22?,23-,26?/m0/s1. The number of hydrogen-bond acceptors (Lipinski definition) is 4. The van der Waals surface area contributed by atoms with Gasteiger partial charge in [-0.25, -0.2) is 8.78 Å². The quantitative estimate of drug-likeness (QED) is 0.455. The molecular formula is C29H37F5N4O2. The fourth-order valence-electron chi connectivity index (χ4n) is 6.74. The molecule has 4 unspecified atom stereocenters. The maximum Gasteiger partial charge on any atom is 0.403 e. The van der Waals surface area contributed by atoms with Crippen LogP contribution in [0.4, 0.5) is 22.0 Å². The lowest BCUT2D eigenvalue weighted by molar-refractivity contribution is -0.199. The molecule has 220 valence electrons. The van der Waals surface area contributed by atoms with E-state index >= 15 is 8.78 Å². The SMILES string of the molecule is CCN1CCC(C2=CC(F)C(C(C)(F)C3C[C@@H](C(=O)NC4(C#N)CC4)N(C(=O)C4(C(F)(F)F)CC4)C3)C=C2)CC1. The van der Waals surface area contributed by atoms with Crippen LogP contribution in [0, 0.1) is 34.5 Å². The third-order valence-electron chi connectivity index (χ3n) is 10.0. The summed E-state index contributed by atoms with van der Waals surface area (Å²) in [6.45, 7) is 5.67. The number of hydrogen-bond donors (Lipinski definition) is 1. The van der Waals surface area contributed by atoms with E-state index in [1.807, 2.05) is 6.07 Å². The van der Waals surface area contributed by atoms with Crippen molar-refractivity contribution in [3.63, 3.8) is 0 Å². The number of likely N-dealkylation sites (tertiary alicyclic amines) is 2. The van der Waals surface area contributed by atoms with Crippen LogP contribution in [0.2, 0.25) is 0 Å². The average Bonchev–Trinajstić information content (AvgIpc) is 3.84. The van der Waals surface area contributed by atoms with Crippen molar-refractivity contribution >= 4 is 11.8 Å². The van der Waals surface area contributed by atoms with Crippen molar-refractivity contribution in [1.29, 1.82) is 5.26 Å². The lowest BCUT2D eigenvalue weighted by Gasteiger charge is -2.38. The van der Waals surface area contributed by atoms with E-state index in [-0.39, 0.29) is 25.2 Å². The second kappa shape index (κ2) is 10.1. The Hall–Kier alpha value is -2.48. The van der Waals surface area contributed by atoms with Gasteiger partial charge in [-0.2, -0.15) is 18.4 Å². The van der Waals surface area contributed by atoms with Gasteiger partial charge in [0, 0.05) is 18.4 Å². The molecular weight excluding hydrogens is 531 g/mol. The third-order valence-corrected chi connectivity index (χ3v) is 10.0. The molecule has 0 aromatic rings. The number of allylic oxidation sites excluding steroid dienone is 4. The molecule has 0 aromatic carbocycles. The average molecular weight is 569 g/mol. The molecule has 1 N–H and O–H groups in total. The third kappa shape index (κ3) is 5.05. The van der Waals surface area contributed by atoms with E-state index in [2.05, 4.69) is 17.1 Å². The van der Waals surface area contributed by atoms with Gasteiger partial charge in [0.1, 0.15) is 28.8 Å². The molecule has 2 saturated heterocycles. The van der Waals surface area contributed by atoms with Crippen LogP contribution in [0.1, 0.15) is 58.8 Å². The molecule has 3 aliphatic carbocycles. The van der Waals surface area contributed by atoms with Crippen LogP contribution < -0.4 is 5.32 Å². The topological polar surface area (TPSA) is 76.4 Å². The van der Waals surface area contributed by atoms with E-state index in [9.17, 15) is 28.0 Å². The summed E-state index contributed by atoms with van der Waals surface area (Å²) in [7, 11) is 0. The van der Waals surface area contributed by atoms with Gasteiger partial charge in [0.05, 0.1) is 6.07 Å². The number of nitriles is 1. The van der Waals surface area contributed by atoms with Gasteiger partial charge in [0.25, 0.3) is 0 Å². The van der Waals surface area contributed by atoms with Crippen LogP contribution in [-0.4, -0.2) is 77.4 Å². The van der Waals surface area contributed by atoms with Crippen molar-refractivity contribution in [1.82, 2.24) is 15.1 Å². The highest BCUT2D eigenvalue weighted by Gasteiger charge is 2.71. The number of alkyl halides is 5. The van der Waals surface area contributed by atoms with Gasteiger partial charge in [-0.05, 0) is 89.1 Å². The number of halogens is 5. The molecule has 2 amide bonds. The highest BCUT2D eigenvalue weighted by atomic mass is 19.4. The highest BCUT2D eigenvalue weighted by Crippen LogP contribution is 2.59. The Labute approximate surface area is 231 Å². The number of piperidine rings is 1. The van der Waals surface area contributed by atoms with E-state index < -0.39 is 65.2 Å². The zero-order valence-electron chi connectivity index (χ0n) is 22.9. The molecule has 0 spiro atoms. The van der Waals surface area contributed by atoms with Crippen LogP contribution in [0.25, 0.3) is 0 Å². The first-order valence-corrected chi connectivity index (χ1v) is 14.3. The Morgan fingerprint density at radius 3 is 2.30 bits per heavy atom. The predicted molar refractivity (Wildman–Crippen MR) is 137 cm³/mol. The summed E-state index contributed by atoms with van der Waals surface area (Å²) in [5.41, 5.74) is -5.08. The molecule has 2 saturated carbocycles. The fourth-order valence-corrected chi connectivity index (χ4v) is 6.74. The van der Waals surface area contributed by atoms with Crippen molar-refractivity contribution in [2.75, 3.05) is 26.2 Å². The molecule has 4 fully saturated rings. The molecule has 2 aliphatic heterocycles. The van der Waals surface area contributed by atoms with Crippen molar-refractivity contribution in [2.24, 2.45) is 23.2 Å². The maximum atomic E-state index is 16.6. The number of nitrogens with one attached hydrogen (secondary N) is 1. The Morgan fingerprint density at radius 2 is 1.80 bits per heavy atom. The largest absolute Gasteiger partial charge is 0.403 e. The number of rotatable bonds is 7. The highest BCUT2D eigenvalue weighted by molar-refractivity contribution is 5.93. The fraction of sp³-hybridized carbons (Fsp3) is 0.759. The summed E-state index contributed by atoms with van der Waals surface area (Å²) in [6, 6.07) is 0.634. The zero-order valence-corrected chi connectivity index (χ0v) is 22.9. The Balaban J connectivity index is 1.34. The van der Waals surface area contributed by atoms with Gasteiger partial charge >= 0.3 is 6.18 Å². The molecule has 0 aromatic heterocycles. The van der Waals surface area contributed by atoms with Gasteiger partial charge in [0.2, 0.25) is 11.8 Å². The monoisotopic (exact) mass is 568 g/mol. The summed E-state index contributed by atoms with van der Waals surface area (Å²) in [6.07, 6.45) is -0.155. The van der Waals surface area contributed by atoms with Crippen LogP contribution in [0.15, 0.2) is 23.8 Å². The van der Waals surface area contributed by atoms with Gasteiger partial charge in [-0.3, -0.25) is 9.59 Å². The second-order valence-electron chi connectivity index (χ2n) is 12.5. The lowest BCUT2D eigenvalue weighted by atomic mass is 9.73. The minimum absolute atomic E-state index is 0.184.